The number of nitriles is 1. The standard InChI is InChI=1S/C20H19N3O2/c1-13-5-4-6-19(14(13)2)23-20(25)17(12-21)11-16-7-9-18(10-8-16)22-15(3)24/h4-11H,1-3H3,(H,22,24)(H,23,25)/b17-11+. The van der Waals surface area contributed by atoms with Crippen LogP contribution in [0.5, 0.6) is 0 Å². The zero-order valence-electron chi connectivity index (χ0n) is 14.4. The fourth-order valence-corrected chi connectivity index (χ4v) is 2.26. The molecule has 0 aromatic heterocycles. The molecule has 0 aliphatic carbocycles. The lowest BCUT2D eigenvalue weighted by molar-refractivity contribution is -0.114. The molecule has 0 unspecified atom stereocenters. The van der Waals surface area contributed by atoms with E-state index in [4.69, 9.17) is 0 Å². The molecule has 2 N–H and O–H groups in total. The number of aryl methyl sites for hydroxylation is 1. The fraction of sp³-hybridized carbons (Fsp3) is 0.150. The van der Waals surface area contributed by atoms with Crippen LogP contribution in [0.15, 0.2) is 48.0 Å². The van der Waals surface area contributed by atoms with E-state index in [0.717, 1.165) is 11.1 Å². The van der Waals surface area contributed by atoms with Crippen molar-refractivity contribution in [1.29, 1.82) is 5.26 Å². The molecular weight excluding hydrogens is 314 g/mol. The highest BCUT2D eigenvalue weighted by Gasteiger charge is 2.11. The minimum atomic E-state index is -0.456. The highest BCUT2D eigenvalue weighted by molar-refractivity contribution is 6.10. The van der Waals surface area contributed by atoms with E-state index in [1.165, 1.54) is 13.0 Å². The summed E-state index contributed by atoms with van der Waals surface area (Å²) >= 11 is 0. The summed E-state index contributed by atoms with van der Waals surface area (Å²) in [6, 6.07) is 14.4. The highest BCUT2D eigenvalue weighted by atomic mass is 16.2. The van der Waals surface area contributed by atoms with Gasteiger partial charge in [0.25, 0.3) is 5.91 Å². The van der Waals surface area contributed by atoms with Crippen molar-refractivity contribution < 1.29 is 9.59 Å². The monoisotopic (exact) mass is 333 g/mol. The first-order chi connectivity index (χ1) is 11.9. The fourth-order valence-electron chi connectivity index (χ4n) is 2.26. The van der Waals surface area contributed by atoms with Crippen LogP contribution in [0.3, 0.4) is 0 Å². The van der Waals surface area contributed by atoms with Gasteiger partial charge in [0.2, 0.25) is 5.91 Å². The van der Waals surface area contributed by atoms with Gasteiger partial charge in [0.05, 0.1) is 0 Å². The molecule has 0 aliphatic heterocycles. The van der Waals surface area contributed by atoms with Gasteiger partial charge in [0.1, 0.15) is 11.6 Å². The van der Waals surface area contributed by atoms with Crippen molar-refractivity contribution in [3.05, 3.63) is 64.7 Å². The second kappa shape index (κ2) is 7.93. The Hall–Kier alpha value is -3.39. The molecule has 0 spiro atoms. The van der Waals surface area contributed by atoms with Crippen molar-refractivity contribution >= 4 is 29.3 Å². The number of rotatable bonds is 4. The molecule has 2 rings (SSSR count). The van der Waals surface area contributed by atoms with Crippen molar-refractivity contribution in [3.63, 3.8) is 0 Å². The Labute approximate surface area is 147 Å². The first-order valence-electron chi connectivity index (χ1n) is 7.77. The second-order valence-electron chi connectivity index (χ2n) is 5.67. The molecule has 0 saturated carbocycles. The van der Waals surface area contributed by atoms with Crippen LogP contribution >= 0.6 is 0 Å². The third-order valence-corrected chi connectivity index (χ3v) is 3.76. The van der Waals surface area contributed by atoms with E-state index >= 15 is 0 Å². The van der Waals surface area contributed by atoms with Crippen molar-refractivity contribution in [3.8, 4) is 6.07 Å². The van der Waals surface area contributed by atoms with Gasteiger partial charge in [-0.3, -0.25) is 9.59 Å². The molecule has 25 heavy (non-hydrogen) atoms. The quantitative estimate of drug-likeness (QED) is 0.659. The van der Waals surface area contributed by atoms with Crippen LogP contribution in [0.25, 0.3) is 6.08 Å². The third-order valence-electron chi connectivity index (χ3n) is 3.76. The van der Waals surface area contributed by atoms with Crippen molar-refractivity contribution in [2.45, 2.75) is 20.8 Å². The van der Waals surface area contributed by atoms with E-state index in [1.54, 1.807) is 30.3 Å². The van der Waals surface area contributed by atoms with Crippen LogP contribution in [-0.2, 0) is 9.59 Å². The number of hydrogen-bond donors (Lipinski definition) is 2. The summed E-state index contributed by atoms with van der Waals surface area (Å²) in [5, 5.41) is 14.7. The van der Waals surface area contributed by atoms with E-state index in [1.807, 2.05) is 32.0 Å². The van der Waals surface area contributed by atoms with E-state index in [2.05, 4.69) is 10.6 Å². The number of anilines is 2. The van der Waals surface area contributed by atoms with Crippen LogP contribution in [0.1, 0.15) is 23.6 Å². The molecule has 2 amide bonds. The molecule has 0 fully saturated rings. The molecule has 5 nitrogen and oxygen atoms in total. The molecule has 0 saturated heterocycles. The van der Waals surface area contributed by atoms with Crippen molar-refractivity contribution in [1.82, 2.24) is 0 Å². The van der Waals surface area contributed by atoms with E-state index in [0.29, 0.717) is 16.9 Å². The normalized spacial score (nSPS) is 10.7. The van der Waals surface area contributed by atoms with Gasteiger partial charge in [-0.1, -0.05) is 24.3 Å². The summed E-state index contributed by atoms with van der Waals surface area (Å²) in [6.45, 7) is 5.31. The third kappa shape index (κ3) is 4.79. The van der Waals surface area contributed by atoms with Crippen LogP contribution < -0.4 is 10.6 Å². The molecule has 0 bridgehead atoms. The average Bonchev–Trinajstić information content (AvgIpc) is 2.57. The number of carbonyl (C=O) groups excluding carboxylic acids is 2. The summed E-state index contributed by atoms with van der Waals surface area (Å²) in [5.41, 5.74) is 4.08. The summed E-state index contributed by atoms with van der Waals surface area (Å²) in [5.74, 6) is -0.615. The van der Waals surface area contributed by atoms with Crippen molar-refractivity contribution in [2.24, 2.45) is 0 Å². The van der Waals surface area contributed by atoms with E-state index < -0.39 is 5.91 Å². The van der Waals surface area contributed by atoms with Crippen LogP contribution in [0.4, 0.5) is 11.4 Å². The summed E-state index contributed by atoms with van der Waals surface area (Å²) < 4.78 is 0. The smallest absolute Gasteiger partial charge is 0.266 e. The minimum absolute atomic E-state index is 0.00758. The van der Waals surface area contributed by atoms with Crippen LogP contribution in [0, 0.1) is 25.2 Å². The Balaban J connectivity index is 2.19. The lowest BCUT2D eigenvalue weighted by Crippen LogP contribution is -2.14. The maximum atomic E-state index is 12.4. The van der Waals surface area contributed by atoms with Gasteiger partial charge in [-0.15, -0.1) is 0 Å². The van der Waals surface area contributed by atoms with Gasteiger partial charge in [-0.2, -0.15) is 5.26 Å². The number of hydrogen-bond acceptors (Lipinski definition) is 3. The number of benzene rings is 2. The van der Waals surface area contributed by atoms with Gasteiger partial charge < -0.3 is 10.6 Å². The molecule has 5 heteroatoms. The van der Waals surface area contributed by atoms with Gasteiger partial charge in [0.15, 0.2) is 0 Å². The lowest BCUT2D eigenvalue weighted by atomic mass is 10.1. The molecule has 0 atom stereocenters. The van der Waals surface area contributed by atoms with Crippen LogP contribution in [-0.4, -0.2) is 11.8 Å². The number of nitrogens with zero attached hydrogens (tertiary/aromatic N) is 1. The molecule has 2 aromatic rings. The first kappa shape index (κ1) is 18.0. The molecule has 0 aliphatic rings. The SMILES string of the molecule is CC(=O)Nc1ccc(/C=C(\C#N)C(=O)Nc2cccc(C)c2C)cc1. The first-order valence-corrected chi connectivity index (χ1v) is 7.77. The maximum absolute atomic E-state index is 12.4. The van der Waals surface area contributed by atoms with Crippen LogP contribution in [0.2, 0.25) is 0 Å². The number of carbonyl (C=O) groups is 2. The summed E-state index contributed by atoms with van der Waals surface area (Å²) in [7, 11) is 0. The minimum Gasteiger partial charge on any atom is -0.326 e. The average molecular weight is 333 g/mol. The van der Waals surface area contributed by atoms with E-state index in [-0.39, 0.29) is 11.5 Å². The maximum Gasteiger partial charge on any atom is 0.266 e. The molecule has 0 heterocycles. The topological polar surface area (TPSA) is 82.0 Å². The zero-order chi connectivity index (χ0) is 18.4. The predicted octanol–water partition coefficient (Wildman–Crippen LogP) is 3.81. The van der Waals surface area contributed by atoms with Gasteiger partial charge >= 0.3 is 0 Å². The predicted molar refractivity (Wildman–Crippen MR) is 98.9 cm³/mol. The molecule has 126 valence electrons. The Morgan fingerprint density at radius 3 is 2.32 bits per heavy atom. The Kier molecular flexibility index (Phi) is 5.70. The summed E-state index contributed by atoms with van der Waals surface area (Å²) in [6.07, 6.45) is 1.51. The Morgan fingerprint density at radius 2 is 1.72 bits per heavy atom. The number of amides is 2. The largest absolute Gasteiger partial charge is 0.326 e. The number of nitrogens with one attached hydrogen (secondary N) is 2. The second-order valence-corrected chi connectivity index (χ2v) is 5.67. The zero-order valence-corrected chi connectivity index (χ0v) is 14.4. The molecular formula is C20H19N3O2. The van der Waals surface area contributed by atoms with Gasteiger partial charge in [-0.05, 0) is 54.8 Å². The lowest BCUT2D eigenvalue weighted by Gasteiger charge is -2.10. The van der Waals surface area contributed by atoms with Gasteiger partial charge in [0, 0.05) is 18.3 Å². The van der Waals surface area contributed by atoms with Crippen molar-refractivity contribution in [2.75, 3.05) is 10.6 Å². The Bertz CT molecular complexity index is 875. The summed E-state index contributed by atoms with van der Waals surface area (Å²) in [4.78, 5) is 23.4. The Morgan fingerprint density at radius 1 is 1.04 bits per heavy atom. The van der Waals surface area contributed by atoms with Gasteiger partial charge in [-0.25, -0.2) is 0 Å². The highest BCUT2D eigenvalue weighted by Crippen LogP contribution is 2.19. The molecule has 0 radical (unpaired) electrons. The van der Waals surface area contributed by atoms with E-state index in [9.17, 15) is 14.9 Å². The molecule has 2 aromatic carbocycles.